The van der Waals surface area contributed by atoms with Crippen LogP contribution in [0.3, 0.4) is 0 Å². The number of carbonyl (C=O) groups is 2. The molecule has 0 radical (unpaired) electrons. The number of aryl methyl sites for hydroxylation is 1. The van der Waals surface area contributed by atoms with Gasteiger partial charge in [0.15, 0.2) is 5.70 Å². The Kier molecular flexibility index (Phi) is 5.89. The summed E-state index contributed by atoms with van der Waals surface area (Å²) in [6.07, 6.45) is 1.70. The van der Waals surface area contributed by atoms with Crippen molar-refractivity contribution in [1.29, 1.82) is 0 Å². The summed E-state index contributed by atoms with van der Waals surface area (Å²) in [5.74, 6) is -0.426. The first kappa shape index (κ1) is 19.4. The summed E-state index contributed by atoms with van der Waals surface area (Å²) < 4.78 is 10.3. The lowest BCUT2D eigenvalue weighted by atomic mass is 10.1. The summed E-state index contributed by atoms with van der Waals surface area (Å²) in [4.78, 5) is 29.3. The fourth-order valence-electron chi connectivity index (χ4n) is 2.75. The minimum absolute atomic E-state index is 0.271. The molecular formula is C22H22N2O4. The fourth-order valence-corrected chi connectivity index (χ4v) is 2.75. The molecule has 0 amide bonds. The monoisotopic (exact) mass is 378 g/mol. The van der Waals surface area contributed by atoms with Crippen molar-refractivity contribution in [1.82, 2.24) is 0 Å². The highest BCUT2D eigenvalue weighted by Crippen LogP contribution is 2.21. The first-order valence-corrected chi connectivity index (χ1v) is 8.96. The Labute approximate surface area is 164 Å². The van der Waals surface area contributed by atoms with Gasteiger partial charge in [0.2, 0.25) is 5.90 Å². The summed E-state index contributed by atoms with van der Waals surface area (Å²) in [6.45, 7) is 4.29. The molecule has 0 fully saturated rings. The highest BCUT2D eigenvalue weighted by Gasteiger charge is 2.24. The van der Waals surface area contributed by atoms with E-state index in [1.165, 1.54) is 6.92 Å². The number of hydrogen-bond acceptors (Lipinski definition) is 6. The molecular weight excluding hydrogens is 356 g/mol. The third kappa shape index (κ3) is 4.85. The van der Waals surface area contributed by atoms with E-state index in [2.05, 4.69) is 4.99 Å². The maximum atomic E-state index is 12.1. The molecule has 6 nitrogen and oxygen atoms in total. The van der Waals surface area contributed by atoms with Gasteiger partial charge in [0.1, 0.15) is 6.61 Å². The number of hydrogen-bond donors (Lipinski definition) is 0. The first-order valence-electron chi connectivity index (χ1n) is 8.96. The molecule has 28 heavy (non-hydrogen) atoms. The van der Waals surface area contributed by atoms with Gasteiger partial charge in [-0.25, -0.2) is 9.79 Å². The van der Waals surface area contributed by atoms with Crippen molar-refractivity contribution in [2.45, 2.75) is 13.8 Å². The van der Waals surface area contributed by atoms with Crippen LogP contribution in [-0.4, -0.2) is 38.0 Å². The maximum absolute atomic E-state index is 12.1. The molecule has 0 bridgehead atoms. The van der Waals surface area contributed by atoms with Crippen LogP contribution in [0, 0.1) is 6.92 Å². The van der Waals surface area contributed by atoms with Crippen molar-refractivity contribution < 1.29 is 19.1 Å². The van der Waals surface area contributed by atoms with E-state index >= 15 is 0 Å². The standard InChI is InChI=1S/C22H22N2O4/c1-15-5-4-6-18(13-15)21-23-20(22(26)28-21)14-17-7-9-19(10-8-17)24(3)11-12-27-16(2)25/h4-10,13-14H,11-12H2,1-3H3/b20-14-. The molecule has 6 heteroatoms. The van der Waals surface area contributed by atoms with Crippen molar-refractivity contribution in [2.75, 3.05) is 25.1 Å². The van der Waals surface area contributed by atoms with E-state index in [0.717, 1.165) is 22.4 Å². The van der Waals surface area contributed by atoms with Crippen molar-refractivity contribution in [3.05, 3.63) is 70.9 Å². The lowest BCUT2D eigenvalue weighted by Gasteiger charge is -2.19. The van der Waals surface area contributed by atoms with E-state index in [1.807, 2.05) is 67.4 Å². The molecule has 2 aromatic carbocycles. The topological polar surface area (TPSA) is 68.2 Å². The van der Waals surface area contributed by atoms with Crippen LogP contribution in [0.15, 0.2) is 59.2 Å². The lowest BCUT2D eigenvalue weighted by molar-refractivity contribution is -0.140. The summed E-state index contributed by atoms with van der Waals surface area (Å²) in [7, 11) is 1.92. The number of carbonyl (C=O) groups excluding carboxylic acids is 2. The van der Waals surface area contributed by atoms with Crippen LogP contribution >= 0.6 is 0 Å². The number of anilines is 1. The maximum Gasteiger partial charge on any atom is 0.363 e. The Hall–Kier alpha value is -3.41. The van der Waals surface area contributed by atoms with E-state index in [-0.39, 0.29) is 11.7 Å². The molecule has 1 aliphatic rings. The predicted octanol–water partition coefficient (Wildman–Crippen LogP) is 3.34. The third-order valence-electron chi connectivity index (χ3n) is 4.25. The molecule has 0 saturated heterocycles. The SMILES string of the molecule is CC(=O)OCCN(C)c1ccc(/C=C2\N=C(c3cccc(C)c3)OC2=O)cc1. The number of aliphatic imine (C=N–C) groups is 1. The summed E-state index contributed by atoms with van der Waals surface area (Å²) in [6, 6.07) is 15.3. The highest BCUT2D eigenvalue weighted by molar-refractivity contribution is 6.12. The summed E-state index contributed by atoms with van der Waals surface area (Å²) in [5, 5.41) is 0. The van der Waals surface area contributed by atoms with Crippen LogP contribution in [0.4, 0.5) is 5.69 Å². The normalized spacial score (nSPS) is 14.6. The van der Waals surface area contributed by atoms with Crippen LogP contribution in [0.5, 0.6) is 0 Å². The van der Waals surface area contributed by atoms with Crippen LogP contribution < -0.4 is 4.90 Å². The molecule has 1 aliphatic heterocycles. The number of rotatable bonds is 6. The Morgan fingerprint density at radius 3 is 2.64 bits per heavy atom. The number of nitrogens with zero attached hydrogens (tertiary/aromatic N) is 2. The molecule has 0 aromatic heterocycles. The van der Waals surface area contributed by atoms with Crippen LogP contribution in [0.25, 0.3) is 6.08 Å². The van der Waals surface area contributed by atoms with E-state index < -0.39 is 5.97 Å². The minimum Gasteiger partial charge on any atom is -0.464 e. The summed E-state index contributed by atoms with van der Waals surface area (Å²) >= 11 is 0. The average molecular weight is 378 g/mol. The van der Waals surface area contributed by atoms with Gasteiger partial charge in [0.05, 0.1) is 6.54 Å². The number of likely N-dealkylation sites (N-methyl/N-ethyl adjacent to an activating group) is 1. The molecule has 0 N–H and O–H groups in total. The molecule has 0 atom stereocenters. The number of esters is 2. The largest absolute Gasteiger partial charge is 0.464 e. The van der Waals surface area contributed by atoms with E-state index in [9.17, 15) is 9.59 Å². The van der Waals surface area contributed by atoms with Crippen molar-refractivity contribution >= 4 is 29.6 Å². The number of cyclic esters (lactones) is 1. The lowest BCUT2D eigenvalue weighted by Crippen LogP contribution is -2.23. The van der Waals surface area contributed by atoms with Gasteiger partial charge >= 0.3 is 11.9 Å². The number of ether oxygens (including phenoxy) is 2. The predicted molar refractivity (Wildman–Crippen MR) is 108 cm³/mol. The Balaban J connectivity index is 1.71. The quantitative estimate of drug-likeness (QED) is 0.570. The zero-order valence-corrected chi connectivity index (χ0v) is 16.1. The molecule has 0 spiro atoms. The molecule has 144 valence electrons. The molecule has 0 aliphatic carbocycles. The highest BCUT2D eigenvalue weighted by atomic mass is 16.6. The van der Waals surface area contributed by atoms with Gasteiger partial charge in [-0.2, -0.15) is 0 Å². The van der Waals surface area contributed by atoms with Gasteiger partial charge in [-0.15, -0.1) is 0 Å². The second-order valence-electron chi connectivity index (χ2n) is 6.56. The Bertz CT molecular complexity index is 945. The van der Waals surface area contributed by atoms with Gasteiger partial charge in [-0.1, -0.05) is 29.8 Å². The third-order valence-corrected chi connectivity index (χ3v) is 4.25. The smallest absolute Gasteiger partial charge is 0.363 e. The average Bonchev–Trinajstić information content (AvgIpc) is 3.02. The fraction of sp³-hybridized carbons (Fsp3) is 0.227. The van der Waals surface area contributed by atoms with E-state index in [0.29, 0.717) is 19.0 Å². The van der Waals surface area contributed by atoms with Gasteiger partial charge in [0, 0.05) is 25.2 Å². The van der Waals surface area contributed by atoms with Gasteiger partial charge in [-0.05, 0) is 42.8 Å². The van der Waals surface area contributed by atoms with Crippen LogP contribution in [0.2, 0.25) is 0 Å². The molecule has 0 unspecified atom stereocenters. The molecule has 1 heterocycles. The molecule has 0 saturated carbocycles. The van der Waals surface area contributed by atoms with Crippen molar-refractivity contribution in [3.8, 4) is 0 Å². The Morgan fingerprint density at radius 1 is 1.21 bits per heavy atom. The van der Waals surface area contributed by atoms with Crippen molar-refractivity contribution in [2.24, 2.45) is 4.99 Å². The molecule has 3 rings (SSSR count). The number of benzene rings is 2. The van der Waals surface area contributed by atoms with Gasteiger partial charge in [-0.3, -0.25) is 4.79 Å². The first-order chi connectivity index (χ1) is 13.4. The second kappa shape index (κ2) is 8.52. The van der Waals surface area contributed by atoms with E-state index in [4.69, 9.17) is 9.47 Å². The summed E-state index contributed by atoms with van der Waals surface area (Å²) in [5.41, 5.74) is 3.95. The second-order valence-corrected chi connectivity index (χ2v) is 6.56. The van der Waals surface area contributed by atoms with Crippen molar-refractivity contribution in [3.63, 3.8) is 0 Å². The zero-order chi connectivity index (χ0) is 20.1. The van der Waals surface area contributed by atoms with Gasteiger partial charge < -0.3 is 14.4 Å². The van der Waals surface area contributed by atoms with Crippen LogP contribution in [0.1, 0.15) is 23.6 Å². The van der Waals surface area contributed by atoms with E-state index in [1.54, 1.807) is 6.08 Å². The minimum atomic E-state index is -0.459. The molecule has 2 aromatic rings. The van der Waals surface area contributed by atoms with Crippen LogP contribution in [-0.2, 0) is 19.1 Å². The van der Waals surface area contributed by atoms with Gasteiger partial charge in [0.25, 0.3) is 0 Å². The zero-order valence-electron chi connectivity index (χ0n) is 16.1. The Morgan fingerprint density at radius 2 is 1.96 bits per heavy atom.